The smallest absolute Gasteiger partial charge is 0.296 e. The van der Waals surface area contributed by atoms with Crippen molar-refractivity contribution in [2.75, 3.05) is 19.8 Å². The summed E-state index contributed by atoms with van der Waals surface area (Å²) < 4.78 is 25.2. The van der Waals surface area contributed by atoms with E-state index in [4.69, 9.17) is 30.5 Å². The Kier molecular flexibility index (Phi) is 5.89. The number of ether oxygens (including phenoxy) is 4. The first-order valence-corrected chi connectivity index (χ1v) is 11.9. The number of H-pyrrole nitrogens is 1. The highest BCUT2D eigenvalue weighted by molar-refractivity contribution is 6.33. The Morgan fingerprint density at radius 1 is 1.11 bits per heavy atom. The average Bonchev–Trinajstić information content (AvgIpc) is 3.57. The minimum Gasteiger partial charge on any atom is -0.492 e. The van der Waals surface area contributed by atoms with Crippen molar-refractivity contribution in [1.82, 2.24) is 19.5 Å². The lowest BCUT2D eigenvalue weighted by Crippen LogP contribution is -2.32. The molecule has 3 atom stereocenters. The number of nitrogens with one attached hydrogen (secondary N) is 1. The number of benzene rings is 1. The van der Waals surface area contributed by atoms with Gasteiger partial charge in [-0.2, -0.15) is 4.98 Å². The molecule has 0 saturated carbocycles. The van der Waals surface area contributed by atoms with Crippen LogP contribution in [-0.4, -0.2) is 57.7 Å². The van der Waals surface area contributed by atoms with Crippen molar-refractivity contribution in [2.24, 2.45) is 0 Å². The highest BCUT2D eigenvalue weighted by Gasteiger charge is 2.43. The molecule has 3 unspecified atom stereocenters. The van der Waals surface area contributed by atoms with Crippen LogP contribution in [0.4, 0.5) is 0 Å². The normalized spacial score (nSPS) is 21.3. The van der Waals surface area contributed by atoms with Crippen molar-refractivity contribution in [1.29, 1.82) is 0 Å². The Hall–Kier alpha value is -3.40. The molecule has 180 valence electrons. The van der Waals surface area contributed by atoms with Gasteiger partial charge >= 0.3 is 0 Å². The van der Waals surface area contributed by atoms with E-state index in [2.05, 4.69) is 15.0 Å². The Bertz CT molecular complexity index is 1380. The highest BCUT2D eigenvalue weighted by Crippen LogP contribution is 2.32. The van der Waals surface area contributed by atoms with Crippen LogP contribution in [0.2, 0.25) is 5.02 Å². The fraction of sp³-hybridized carbons (Fsp3) is 0.320. The van der Waals surface area contributed by atoms with Crippen LogP contribution >= 0.6 is 11.6 Å². The first-order chi connectivity index (χ1) is 17.1. The Morgan fingerprint density at radius 2 is 1.94 bits per heavy atom. The van der Waals surface area contributed by atoms with Crippen molar-refractivity contribution in [3.63, 3.8) is 0 Å². The van der Waals surface area contributed by atoms with Crippen LogP contribution in [0.15, 0.2) is 59.7 Å². The van der Waals surface area contributed by atoms with E-state index in [1.165, 1.54) is 12.1 Å². The summed E-state index contributed by atoms with van der Waals surface area (Å²) in [5.74, 6) is 0.730. The molecule has 0 amide bonds. The predicted octanol–water partition coefficient (Wildman–Crippen LogP) is 3.45. The van der Waals surface area contributed by atoms with Crippen LogP contribution in [0.3, 0.4) is 0 Å². The van der Waals surface area contributed by atoms with Crippen molar-refractivity contribution in [2.45, 2.75) is 31.3 Å². The van der Waals surface area contributed by atoms with Crippen LogP contribution in [0.1, 0.15) is 6.42 Å². The third-order valence-electron chi connectivity index (χ3n) is 6.19. The summed E-state index contributed by atoms with van der Waals surface area (Å²) in [6, 6.07) is 12.8. The lowest BCUT2D eigenvalue weighted by atomic mass is 10.1. The van der Waals surface area contributed by atoms with Gasteiger partial charge in [-0.15, -0.1) is 0 Å². The van der Waals surface area contributed by atoms with Gasteiger partial charge in [-0.25, -0.2) is 4.98 Å². The fourth-order valence-electron chi connectivity index (χ4n) is 4.40. The second-order valence-electron chi connectivity index (χ2n) is 8.53. The summed E-state index contributed by atoms with van der Waals surface area (Å²) in [4.78, 5) is 23.5. The largest absolute Gasteiger partial charge is 0.492 e. The minimum atomic E-state index is -0.199. The molecule has 35 heavy (non-hydrogen) atoms. The van der Waals surface area contributed by atoms with E-state index < -0.39 is 0 Å². The zero-order valence-corrected chi connectivity index (χ0v) is 19.5. The van der Waals surface area contributed by atoms with Gasteiger partial charge in [-0.05, 0) is 36.8 Å². The number of rotatable bonds is 7. The predicted molar refractivity (Wildman–Crippen MR) is 129 cm³/mol. The molecular formula is C25H23ClN4O5. The van der Waals surface area contributed by atoms with Gasteiger partial charge in [0.15, 0.2) is 17.2 Å². The summed E-state index contributed by atoms with van der Waals surface area (Å²) >= 11 is 6.55. The maximum Gasteiger partial charge on any atom is 0.296 e. The third kappa shape index (κ3) is 4.62. The van der Waals surface area contributed by atoms with Crippen molar-refractivity contribution < 1.29 is 18.9 Å². The molecule has 2 saturated heterocycles. The lowest BCUT2D eigenvalue weighted by Gasteiger charge is -2.15. The zero-order valence-electron chi connectivity index (χ0n) is 18.7. The molecule has 2 fully saturated rings. The summed E-state index contributed by atoms with van der Waals surface area (Å²) in [6.45, 7) is 2.28. The van der Waals surface area contributed by atoms with Crippen LogP contribution in [0.5, 0.6) is 11.8 Å². The van der Waals surface area contributed by atoms with E-state index >= 15 is 0 Å². The van der Waals surface area contributed by atoms with Gasteiger partial charge < -0.3 is 28.5 Å². The Balaban J connectivity index is 1.13. The second kappa shape index (κ2) is 9.33. The number of fused-ring (bicyclic) bond motifs is 2. The number of aromatic nitrogens is 4. The molecule has 9 nitrogen and oxygen atoms in total. The van der Waals surface area contributed by atoms with Gasteiger partial charge in [0.2, 0.25) is 0 Å². The molecule has 4 aromatic rings. The fourth-order valence-corrected chi connectivity index (χ4v) is 4.66. The maximum atomic E-state index is 11.2. The van der Waals surface area contributed by atoms with Crippen LogP contribution in [0, 0.1) is 0 Å². The molecular weight excluding hydrogens is 472 g/mol. The monoisotopic (exact) mass is 494 g/mol. The first-order valence-electron chi connectivity index (χ1n) is 11.5. The van der Waals surface area contributed by atoms with E-state index in [9.17, 15) is 4.79 Å². The molecule has 3 aromatic heterocycles. The van der Waals surface area contributed by atoms with E-state index in [1.807, 2.05) is 28.8 Å². The molecule has 2 aliphatic heterocycles. The van der Waals surface area contributed by atoms with Crippen molar-refractivity contribution >= 4 is 22.8 Å². The van der Waals surface area contributed by atoms with Crippen LogP contribution in [-0.2, 0) is 16.0 Å². The SMILES string of the molecule is O=c1ccn(CCOc2ccc(-c3nc4nc(OC5COC6CCOC65)[nH]c4cc3Cl)cc2)cc1. The number of aromatic amines is 1. The number of nitrogens with zero attached hydrogens (tertiary/aromatic N) is 3. The van der Waals surface area contributed by atoms with Crippen LogP contribution < -0.4 is 14.9 Å². The van der Waals surface area contributed by atoms with Gasteiger partial charge in [0.1, 0.15) is 18.5 Å². The number of hydrogen-bond acceptors (Lipinski definition) is 7. The zero-order chi connectivity index (χ0) is 23.8. The average molecular weight is 495 g/mol. The summed E-state index contributed by atoms with van der Waals surface area (Å²) in [7, 11) is 0. The third-order valence-corrected chi connectivity index (χ3v) is 6.48. The molecule has 0 bridgehead atoms. The molecule has 2 aliphatic rings. The summed E-state index contributed by atoms with van der Waals surface area (Å²) in [6.07, 6.45) is 4.21. The Labute approximate surface area is 205 Å². The van der Waals surface area contributed by atoms with Gasteiger partial charge in [0.25, 0.3) is 6.01 Å². The standard InChI is InChI=1S/C25H23ClN4O5/c26-18-13-19-24(29-25(27-19)35-21-14-34-20-7-11-33-23(20)21)28-22(18)15-1-3-17(4-2-15)32-12-10-30-8-5-16(31)6-9-30/h1-6,8-9,13,20-21,23H,7,10-12,14H2,(H,27,28,29). The topological polar surface area (TPSA) is 100 Å². The van der Waals surface area contributed by atoms with E-state index in [0.29, 0.717) is 54.3 Å². The maximum absolute atomic E-state index is 11.2. The van der Waals surface area contributed by atoms with Crippen molar-refractivity contribution in [3.05, 3.63) is 70.1 Å². The number of halogens is 1. The number of imidazole rings is 1. The van der Waals surface area contributed by atoms with Gasteiger partial charge in [-0.1, -0.05) is 11.6 Å². The summed E-state index contributed by atoms with van der Waals surface area (Å²) in [5, 5.41) is 0.503. The van der Waals surface area contributed by atoms with Crippen molar-refractivity contribution in [3.8, 4) is 23.0 Å². The van der Waals surface area contributed by atoms with Gasteiger partial charge in [0, 0.05) is 36.7 Å². The van der Waals surface area contributed by atoms with Crippen LogP contribution in [0.25, 0.3) is 22.4 Å². The molecule has 10 heteroatoms. The van der Waals surface area contributed by atoms with Gasteiger partial charge in [-0.3, -0.25) is 4.79 Å². The summed E-state index contributed by atoms with van der Waals surface area (Å²) in [5.41, 5.74) is 2.67. The van der Waals surface area contributed by atoms with E-state index in [1.54, 1.807) is 18.5 Å². The molecule has 0 aliphatic carbocycles. The molecule has 6 rings (SSSR count). The molecule has 0 spiro atoms. The Morgan fingerprint density at radius 3 is 2.77 bits per heavy atom. The molecule has 0 radical (unpaired) electrons. The number of hydrogen-bond donors (Lipinski definition) is 1. The molecule has 1 aromatic carbocycles. The number of pyridine rings is 2. The molecule has 5 heterocycles. The van der Waals surface area contributed by atoms with E-state index in [-0.39, 0.29) is 23.7 Å². The van der Waals surface area contributed by atoms with Gasteiger partial charge in [0.05, 0.1) is 35.5 Å². The highest BCUT2D eigenvalue weighted by atomic mass is 35.5. The first kappa shape index (κ1) is 22.1. The second-order valence-corrected chi connectivity index (χ2v) is 8.94. The van der Waals surface area contributed by atoms with E-state index in [0.717, 1.165) is 17.7 Å². The quantitative estimate of drug-likeness (QED) is 0.420. The molecule has 1 N–H and O–H groups in total. The minimum absolute atomic E-state index is 0.0120. The lowest BCUT2D eigenvalue weighted by molar-refractivity contribution is 0.0273.